The van der Waals surface area contributed by atoms with Crippen LogP contribution in [-0.2, 0) is 17.9 Å². The zero-order chi connectivity index (χ0) is 15.8. The molecule has 1 heterocycles. The number of rotatable bonds is 7. The van der Waals surface area contributed by atoms with Crippen LogP contribution in [0.2, 0.25) is 0 Å². The van der Waals surface area contributed by atoms with E-state index in [1.807, 2.05) is 12.1 Å². The van der Waals surface area contributed by atoms with Gasteiger partial charge in [-0.05, 0) is 34.5 Å². The molecule has 0 aliphatic heterocycles. The number of nitrogens with zero attached hydrogens (tertiary/aromatic N) is 4. The SMILES string of the molecule is CNC(=O)c1ccc(CNC(=O)CCCn2cnnn2)cc1. The van der Waals surface area contributed by atoms with Crippen molar-refractivity contribution in [3.63, 3.8) is 0 Å². The molecule has 0 atom stereocenters. The smallest absolute Gasteiger partial charge is 0.251 e. The lowest BCUT2D eigenvalue weighted by Crippen LogP contribution is -2.23. The molecule has 1 aromatic heterocycles. The molecule has 0 aliphatic carbocycles. The Kier molecular flexibility index (Phi) is 5.58. The third-order valence-electron chi connectivity index (χ3n) is 3.12. The van der Waals surface area contributed by atoms with Crippen LogP contribution in [0, 0.1) is 0 Å². The molecule has 0 aliphatic rings. The lowest BCUT2D eigenvalue weighted by atomic mass is 10.1. The second-order valence-corrected chi connectivity index (χ2v) is 4.73. The summed E-state index contributed by atoms with van der Waals surface area (Å²) in [6.45, 7) is 1.05. The zero-order valence-corrected chi connectivity index (χ0v) is 12.3. The van der Waals surface area contributed by atoms with Crippen molar-refractivity contribution in [3.8, 4) is 0 Å². The number of benzene rings is 1. The summed E-state index contributed by atoms with van der Waals surface area (Å²) in [5, 5.41) is 16.2. The standard InChI is InChI=1S/C14H18N6O2/c1-15-14(22)12-6-4-11(5-7-12)9-16-13(21)3-2-8-20-10-17-18-19-20/h4-7,10H,2-3,8-9H2,1H3,(H,15,22)(H,16,21). The van der Waals surface area contributed by atoms with Gasteiger partial charge in [0.15, 0.2) is 0 Å². The van der Waals surface area contributed by atoms with Gasteiger partial charge in [-0.15, -0.1) is 5.10 Å². The Morgan fingerprint density at radius 2 is 2.00 bits per heavy atom. The maximum absolute atomic E-state index is 11.7. The number of tetrazole rings is 1. The van der Waals surface area contributed by atoms with Crippen LogP contribution in [0.15, 0.2) is 30.6 Å². The van der Waals surface area contributed by atoms with Crippen LogP contribution >= 0.6 is 0 Å². The lowest BCUT2D eigenvalue weighted by molar-refractivity contribution is -0.121. The second kappa shape index (κ2) is 7.87. The van der Waals surface area contributed by atoms with Crippen molar-refractivity contribution in [2.75, 3.05) is 7.05 Å². The first-order valence-corrected chi connectivity index (χ1v) is 6.97. The van der Waals surface area contributed by atoms with E-state index >= 15 is 0 Å². The van der Waals surface area contributed by atoms with Gasteiger partial charge < -0.3 is 10.6 Å². The Balaban J connectivity index is 1.70. The third kappa shape index (κ3) is 4.65. The zero-order valence-electron chi connectivity index (χ0n) is 12.3. The summed E-state index contributed by atoms with van der Waals surface area (Å²) in [7, 11) is 1.59. The van der Waals surface area contributed by atoms with E-state index in [9.17, 15) is 9.59 Å². The average Bonchev–Trinajstić information content (AvgIpc) is 3.06. The first-order valence-electron chi connectivity index (χ1n) is 6.97. The number of hydrogen-bond acceptors (Lipinski definition) is 5. The van der Waals surface area contributed by atoms with Crippen molar-refractivity contribution < 1.29 is 9.59 Å². The highest BCUT2D eigenvalue weighted by Gasteiger charge is 2.04. The summed E-state index contributed by atoms with van der Waals surface area (Å²) in [6, 6.07) is 7.12. The Morgan fingerprint density at radius 1 is 1.23 bits per heavy atom. The summed E-state index contributed by atoms with van der Waals surface area (Å²) in [6.07, 6.45) is 2.61. The largest absolute Gasteiger partial charge is 0.355 e. The summed E-state index contributed by atoms with van der Waals surface area (Å²) in [4.78, 5) is 23.1. The molecule has 2 amide bonds. The quantitative estimate of drug-likeness (QED) is 0.757. The molecule has 8 heteroatoms. The van der Waals surface area contributed by atoms with Crippen LogP contribution in [0.25, 0.3) is 0 Å². The number of carbonyl (C=O) groups is 2. The average molecular weight is 302 g/mol. The third-order valence-corrected chi connectivity index (χ3v) is 3.12. The van der Waals surface area contributed by atoms with Crippen LogP contribution in [0.4, 0.5) is 0 Å². The van der Waals surface area contributed by atoms with Gasteiger partial charge in [0.05, 0.1) is 0 Å². The van der Waals surface area contributed by atoms with E-state index in [0.29, 0.717) is 31.5 Å². The van der Waals surface area contributed by atoms with E-state index in [1.165, 1.54) is 6.33 Å². The van der Waals surface area contributed by atoms with Gasteiger partial charge in [0.1, 0.15) is 6.33 Å². The van der Waals surface area contributed by atoms with Gasteiger partial charge in [0, 0.05) is 32.1 Å². The van der Waals surface area contributed by atoms with Crippen molar-refractivity contribution in [2.45, 2.75) is 25.9 Å². The second-order valence-electron chi connectivity index (χ2n) is 4.73. The number of aryl methyl sites for hydroxylation is 1. The van der Waals surface area contributed by atoms with E-state index in [-0.39, 0.29) is 11.8 Å². The molecule has 22 heavy (non-hydrogen) atoms. The van der Waals surface area contributed by atoms with Gasteiger partial charge in [0.25, 0.3) is 5.91 Å². The summed E-state index contributed by atoms with van der Waals surface area (Å²) < 4.78 is 1.59. The fourth-order valence-electron chi connectivity index (χ4n) is 1.89. The Bertz CT molecular complexity index is 609. The maximum Gasteiger partial charge on any atom is 0.251 e. The Hall–Kier alpha value is -2.77. The number of nitrogens with one attached hydrogen (secondary N) is 2. The molecule has 2 aromatic rings. The van der Waals surface area contributed by atoms with Crippen LogP contribution in [-0.4, -0.2) is 39.1 Å². The molecule has 2 rings (SSSR count). The van der Waals surface area contributed by atoms with E-state index in [0.717, 1.165) is 5.56 Å². The summed E-state index contributed by atoms with van der Waals surface area (Å²) in [5.74, 6) is -0.151. The predicted octanol–water partition coefficient (Wildman–Crippen LogP) is 0.129. The highest BCUT2D eigenvalue weighted by molar-refractivity contribution is 5.93. The van der Waals surface area contributed by atoms with Crippen molar-refractivity contribution >= 4 is 11.8 Å². The molecular weight excluding hydrogens is 284 g/mol. The lowest BCUT2D eigenvalue weighted by Gasteiger charge is -2.06. The van der Waals surface area contributed by atoms with Gasteiger partial charge in [-0.3, -0.25) is 9.59 Å². The topological polar surface area (TPSA) is 102 Å². The molecule has 0 radical (unpaired) electrons. The molecular formula is C14H18N6O2. The summed E-state index contributed by atoms with van der Waals surface area (Å²) in [5.41, 5.74) is 1.54. The minimum atomic E-state index is -0.127. The molecule has 0 saturated heterocycles. The van der Waals surface area contributed by atoms with E-state index in [2.05, 4.69) is 26.2 Å². The number of carbonyl (C=O) groups excluding carboxylic acids is 2. The van der Waals surface area contributed by atoms with Crippen LogP contribution in [0.5, 0.6) is 0 Å². The van der Waals surface area contributed by atoms with Gasteiger partial charge in [-0.2, -0.15) is 0 Å². The molecule has 0 unspecified atom stereocenters. The van der Waals surface area contributed by atoms with Crippen molar-refractivity contribution in [3.05, 3.63) is 41.7 Å². The number of hydrogen-bond donors (Lipinski definition) is 2. The van der Waals surface area contributed by atoms with Crippen LogP contribution in [0.3, 0.4) is 0 Å². The fraction of sp³-hybridized carbons (Fsp3) is 0.357. The normalized spacial score (nSPS) is 10.2. The van der Waals surface area contributed by atoms with E-state index in [1.54, 1.807) is 23.9 Å². The van der Waals surface area contributed by atoms with Crippen molar-refractivity contribution in [2.24, 2.45) is 0 Å². The first-order chi connectivity index (χ1) is 10.7. The first kappa shape index (κ1) is 15.6. The van der Waals surface area contributed by atoms with Crippen molar-refractivity contribution in [1.82, 2.24) is 30.8 Å². The molecule has 116 valence electrons. The van der Waals surface area contributed by atoms with E-state index < -0.39 is 0 Å². The molecule has 0 bridgehead atoms. The highest BCUT2D eigenvalue weighted by atomic mass is 16.2. The minimum Gasteiger partial charge on any atom is -0.355 e. The predicted molar refractivity (Wildman–Crippen MR) is 78.7 cm³/mol. The minimum absolute atomic E-state index is 0.0246. The molecule has 0 fully saturated rings. The van der Waals surface area contributed by atoms with Gasteiger partial charge in [-0.25, -0.2) is 4.68 Å². The molecule has 0 saturated carbocycles. The molecule has 1 aromatic carbocycles. The molecule has 2 N–H and O–H groups in total. The van der Waals surface area contributed by atoms with Crippen LogP contribution < -0.4 is 10.6 Å². The monoisotopic (exact) mass is 302 g/mol. The Morgan fingerprint density at radius 3 is 2.64 bits per heavy atom. The highest BCUT2D eigenvalue weighted by Crippen LogP contribution is 2.04. The summed E-state index contributed by atoms with van der Waals surface area (Å²) >= 11 is 0. The molecule has 8 nitrogen and oxygen atoms in total. The van der Waals surface area contributed by atoms with Crippen molar-refractivity contribution in [1.29, 1.82) is 0 Å². The Labute approximate surface area is 127 Å². The fourth-order valence-corrected chi connectivity index (χ4v) is 1.89. The van der Waals surface area contributed by atoms with E-state index in [4.69, 9.17) is 0 Å². The number of amides is 2. The van der Waals surface area contributed by atoms with Gasteiger partial charge in [-0.1, -0.05) is 12.1 Å². The van der Waals surface area contributed by atoms with Gasteiger partial charge in [0.2, 0.25) is 5.91 Å². The molecule has 0 spiro atoms. The number of aromatic nitrogens is 4. The van der Waals surface area contributed by atoms with Crippen LogP contribution in [0.1, 0.15) is 28.8 Å². The maximum atomic E-state index is 11.7. The van der Waals surface area contributed by atoms with Gasteiger partial charge >= 0.3 is 0 Å².